The number of nitrogens with one attached hydrogen (secondary N) is 1. The van der Waals surface area contributed by atoms with Crippen molar-refractivity contribution in [2.45, 2.75) is 13.3 Å². The topological polar surface area (TPSA) is 29.1 Å². The van der Waals surface area contributed by atoms with Crippen LogP contribution in [0.1, 0.15) is 27.9 Å². The molecule has 23 heavy (non-hydrogen) atoms. The number of hydrogen-bond acceptors (Lipinski definition) is 1. The number of aryl methyl sites for hydroxylation is 1. The summed E-state index contributed by atoms with van der Waals surface area (Å²) in [5.41, 5.74) is 5.11. The molecular weight excluding hydrogens is 282 g/mol. The number of benzene rings is 2. The maximum atomic E-state index is 12.2. The van der Waals surface area contributed by atoms with Crippen LogP contribution in [0.25, 0.3) is 5.57 Å². The second-order valence-electron chi connectivity index (χ2n) is 5.58. The molecule has 0 saturated heterocycles. The second-order valence-corrected chi connectivity index (χ2v) is 5.58. The van der Waals surface area contributed by atoms with Gasteiger partial charge < -0.3 is 5.32 Å². The SMILES string of the molecule is Cc1cccc(C2=CCC=C(NC(=O)c3ccccc3)C=C2)c1. The zero-order chi connectivity index (χ0) is 16.1. The summed E-state index contributed by atoms with van der Waals surface area (Å²) in [5.74, 6) is -0.0829. The highest BCUT2D eigenvalue weighted by Gasteiger charge is 2.07. The minimum atomic E-state index is -0.0829. The molecule has 1 aliphatic rings. The van der Waals surface area contributed by atoms with E-state index in [0.717, 1.165) is 12.1 Å². The highest BCUT2D eigenvalue weighted by molar-refractivity contribution is 5.95. The van der Waals surface area contributed by atoms with E-state index in [1.165, 1.54) is 16.7 Å². The minimum absolute atomic E-state index is 0.0829. The zero-order valence-electron chi connectivity index (χ0n) is 13.1. The van der Waals surface area contributed by atoms with Gasteiger partial charge in [0.25, 0.3) is 5.91 Å². The normalized spacial score (nSPS) is 13.8. The first kappa shape index (κ1) is 15.0. The fraction of sp³-hybridized carbons (Fsp3) is 0.0952. The van der Waals surface area contributed by atoms with E-state index < -0.39 is 0 Å². The van der Waals surface area contributed by atoms with E-state index in [1.807, 2.05) is 42.5 Å². The van der Waals surface area contributed by atoms with E-state index in [1.54, 1.807) is 0 Å². The molecular formula is C21H19NO. The fourth-order valence-electron chi connectivity index (χ4n) is 2.55. The fourth-order valence-corrected chi connectivity index (χ4v) is 2.55. The Bertz CT molecular complexity index is 798. The van der Waals surface area contributed by atoms with Gasteiger partial charge in [0.05, 0.1) is 0 Å². The van der Waals surface area contributed by atoms with E-state index in [4.69, 9.17) is 0 Å². The molecule has 114 valence electrons. The van der Waals surface area contributed by atoms with E-state index in [9.17, 15) is 4.79 Å². The van der Waals surface area contributed by atoms with Crippen molar-refractivity contribution >= 4 is 11.5 Å². The summed E-state index contributed by atoms with van der Waals surface area (Å²) in [7, 11) is 0. The molecule has 1 aliphatic carbocycles. The predicted molar refractivity (Wildman–Crippen MR) is 94.9 cm³/mol. The van der Waals surface area contributed by atoms with Gasteiger partial charge in [-0.15, -0.1) is 0 Å². The van der Waals surface area contributed by atoms with Crippen molar-refractivity contribution in [3.8, 4) is 0 Å². The third-order valence-corrected chi connectivity index (χ3v) is 3.76. The first-order valence-corrected chi connectivity index (χ1v) is 7.74. The van der Waals surface area contributed by atoms with Gasteiger partial charge in [0, 0.05) is 11.3 Å². The lowest BCUT2D eigenvalue weighted by molar-refractivity contribution is 0.0967. The van der Waals surface area contributed by atoms with Crippen LogP contribution < -0.4 is 5.32 Å². The highest BCUT2D eigenvalue weighted by atomic mass is 16.1. The average Bonchev–Trinajstić information content (AvgIpc) is 2.81. The quantitative estimate of drug-likeness (QED) is 0.878. The smallest absolute Gasteiger partial charge is 0.255 e. The van der Waals surface area contributed by atoms with Crippen LogP contribution in [0.5, 0.6) is 0 Å². The minimum Gasteiger partial charge on any atom is -0.322 e. The van der Waals surface area contributed by atoms with Gasteiger partial charge in [-0.3, -0.25) is 4.79 Å². The average molecular weight is 301 g/mol. The van der Waals surface area contributed by atoms with Gasteiger partial charge in [0.2, 0.25) is 0 Å². The zero-order valence-corrected chi connectivity index (χ0v) is 13.1. The lowest BCUT2D eigenvalue weighted by Crippen LogP contribution is -2.21. The molecule has 0 unspecified atom stereocenters. The van der Waals surface area contributed by atoms with Crippen LogP contribution >= 0.6 is 0 Å². The molecule has 2 aromatic carbocycles. The van der Waals surface area contributed by atoms with Gasteiger partial charge in [-0.05, 0) is 42.7 Å². The van der Waals surface area contributed by atoms with Gasteiger partial charge >= 0.3 is 0 Å². The monoisotopic (exact) mass is 301 g/mol. The van der Waals surface area contributed by atoms with Gasteiger partial charge in [0.1, 0.15) is 0 Å². The Hall–Kier alpha value is -2.87. The lowest BCUT2D eigenvalue weighted by atomic mass is 10.0. The molecule has 0 saturated carbocycles. The van der Waals surface area contributed by atoms with Gasteiger partial charge in [0.15, 0.2) is 0 Å². The molecule has 2 nitrogen and oxygen atoms in total. The van der Waals surface area contributed by atoms with E-state index in [-0.39, 0.29) is 5.91 Å². The molecule has 1 amide bonds. The number of carbonyl (C=O) groups excluding carboxylic acids is 1. The summed E-state index contributed by atoms with van der Waals surface area (Å²) in [6.45, 7) is 2.09. The van der Waals surface area contributed by atoms with Crippen molar-refractivity contribution in [2.24, 2.45) is 0 Å². The first-order chi connectivity index (χ1) is 11.2. The number of rotatable bonds is 3. The standard InChI is InChI=1S/C21H19NO/c1-16-7-5-11-19(15-16)17-10-6-12-20(14-13-17)22-21(23)18-8-3-2-4-9-18/h2-5,7-15H,6H2,1H3,(H,22,23). The molecule has 0 atom stereocenters. The van der Waals surface area contributed by atoms with Crippen molar-refractivity contribution in [1.29, 1.82) is 0 Å². The molecule has 0 bridgehead atoms. The molecule has 2 heteroatoms. The van der Waals surface area contributed by atoms with E-state index in [0.29, 0.717) is 5.56 Å². The summed E-state index contributed by atoms with van der Waals surface area (Å²) >= 11 is 0. The molecule has 2 aromatic rings. The Morgan fingerprint density at radius 3 is 2.57 bits per heavy atom. The van der Waals surface area contributed by atoms with Crippen molar-refractivity contribution < 1.29 is 4.79 Å². The van der Waals surface area contributed by atoms with Crippen LogP contribution in [0, 0.1) is 6.92 Å². The largest absolute Gasteiger partial charge is 0.322 e. The number of carbonyl (C=O) groups is 1. The van der Waals surface area contributed by atoms with Crippen LogP contribution in [-0.2, 0) is 0 Å². The third-order valence-electron chi connectivity index (χ3n) is 3.76. The maximum Gasteiger partial charge on any atom is 0.255 e. The number of allylic oxidation sites excluding steroid dienone is 5. The summed E-state index contributed by atoms with van der Waals surface area (Å²) < 4.78 is 0. The molecule has 3 rings (SSSR count). The Balaban J connectivity index is 1.72. The highest BCUT2D eigenvalue weighted by Crippen LogP contribution is 2.21. The van der Waals surface area contributed by atoms with Crippen LogP contribution in [-0.4, -0.2) is 5.91 Å². The Morgan fingerprint density at radius 2 is 1.78 bits per heavy atom. The van der Waals surface area contributed by atoms with Crippen LogP contribution in [0.3, 0.4) is 0 Å². The molecule has 0 fully saturated rings. The van der Waals surface area contributed by atoms with Crippen molar-refractivity contribution in [3.05, 3.63) is 101 Å². The van der Waals surface area contributed by atoms with Crippen LogP contribution in [0.15, 0.2) is 84.6 Å². The Morgan fingerprint density at radius 1 is 0.957 bits per heavy atom. The third kappa shape index (κ3) is 3.86. The summed E-state index contributed by atoms with van der Waals surface area (Å²) in [6, 6.07) is 17.7. The molecule has 0 heterocycles. The summed E-state index contributed by atoms with van der Waals surface area (Å²) in [5, 5.41) is 2.96. The van der Waals surface area contributed by atoms with Crippen molar-refractivity contribution in [3.63, 3.8) is 0 Å². The molecule has 1 N–H and O–H groups in total. The molecule has 0 aromatic heterocycles. The van der Waals surface area contributed by atoms with Gasteiger partial charge in [-0.25, -0.2) is 0 Å². The van der Waals surface area contributed by atoms with Crippen LogP contribution in [0.4, 0.5) is 0 Å². The second kappa shape index (κ2) is 6.93. The maximum absolute atomic E-state index is 12.2. The van der Waals surface area contributed by atoms with Gasteiger partial charge in [-0.2, -0.15) is 0 Å². The predicted octanol–water partition coefficient (Wildman–Crippen LogP) is 4.65. The number of hydrogen-bond donors (Lipinski definition) is 1. The van der Waals surface area contributed by atoms with Gasteiger partial charge in [-0.1, -0.05) is 66.3 Å². The molecule has 0 spiro atoms. The van der Waals surface area contributed by atoms with E-state index in [2.05, 4.69) is 48.7 Å². The Kier molecular flexibility index (Phi) is 4.53. The Labute approximate surface area is 136 Å². The number of amides is 1. The van der Waals surface area contributed by atoms with Crippen molar-refractivity contribution in [2.75, 3.05) is 0 Å². The molecule has 0 radical (unpaired) electrons. The van der Waals surface area contributed by atoms with Crippen molar-refractivity contribution in [1.82, 2.24) is 5.32 Å². The lowest BCUT2D eigenvalue weighted by Gasteiger charge is -2.05. The molecule has 0 aliphatic heterocycles. The first-order valence-electron chi connectivity index (χ1n) is 7.74. The summed E-state index contributed by atoms with van der Waals surface area (Å²) in [4.78, 5) is 12.2. The summed E-state index contributed by atoms with van der Waals surface area (Å²) in [6.07, 6.45) is 9.01. The van der Waals surface area contributed by atoms with Crippen LogP contribution in [0.2, 0.25) is 0 Å². The van der Waals surface area contributed by atoms with E-state index >= 15 is 0 Å².